The Morgan fingerprint density at radius 2 is 2.50 bits per heavy atom. The molecule has 0 saturated carbocycles. The molecule has 0 bridgehead atoms. The third kappa shape index (κ3) is 2.51. The van der Waals surface area contributed by atoms with Crippen LogP contribution in [-0.2, 0) is 6.54 Å². The van der Waals surface area contributed by atoms with Gasteiger partial charge in [0.25, 0.3) is 0 Å². The zero-order chi connectivity index (χ0) is 8.97. The molecule has 0 unspecified atom stereocenters. The standard InChI is InChI=1S/C9H15N3/c1-4-12-7-9(6-11-12)5-10-8(2)3/h4,6-8,10H,1,5H2,2-3H3. The Kier molecular flexibility index (Phi) is 3.05. The summed E-state index contributed by atoms with van der Waals surface area (Å²) in [6.45, 7) is 8.73. The average molecular weight is 165 g/mol. The van der Waals surface area contributed by atoms with Crippen LogP contribution in [0.3, 0.4) is 0 Å². The Morgan fingerprint density at radius 3 is 3.00 bits per heavy atom. The lowest BCUT2D eigenvalue weighted by Gasteiger charge is -2.04. The summed E-state index contributed by atoms with van der Waals surface area (Å²) in [4.78, 5) is 0. The van der Waals surface area contributed by atoms with Gasteiger partial charge in [-0.1, -0.05) is 20.4 Å². The Morgan fingerprint density at radius 1 is 1.75 bits per heavy atom. The van der Waals surface area contributed by atoms with Crippen LogP contribution in [-0.4, -0.2) is 15.8 Å². The second kappa shape index (κ2) is 4.07. The predicted octanol–water partition coefficient (Wildman–Crippen LogP) is 1.48. The van der Waals surface area contributed by atoms with E-state index in [0.717, 1.165) is 6.54 Å². The highest BCUT2D eigenvalue weighted by atomic mass is 15.2. The molecular formula is C9H15N3. The predicted molar refractivity (Wildman–Crippen MR) is 50.6 cm³/mol. The van der Waals surface area contributed by atoms with Gasteiger partial charge in [-0.15, -0.1) is 0 Å². The maximum absolute atomic E-state index is 4.07. The second-order valence-electron chi connectivity index (χ2n) is 3.05. The van der Waals surface area contributed by atoms with Crippen LogP contribution in [0.4, 0.5) is 0 Å². The van der Waals surface area contributed by atoms with E-state index in [4.69, 9.17) is 0 Å². The summed E-state index contributed by atoms with van der Waals surface area (Å²) in [5, 5.41) is 7.38. The van der Waals surface area contributed by atoms with Crippen molar-refractivity contribution in [1.29, 1.82) is 0 Å². The van der Waals surface area contributed by atoms with Crippen LogP contribution in [0.1, 0.15) is 19.4 Å². The van der Waals surface area contributed by atoms with Crippen molar-refractivity contribution in [2.24, 2.45) is 0 Å². The lowest BCUT2D eigenvalue weighted by molar-refractivity contribution is 0.589. The third-order valence-electron chi connectivity index (χ3n) is 1.56. The van der Waals surface area contributed by atoms with E-state index >= 15 is 0 Å². The SMILES string of the molecule is C=Cn1cc(CNC(C)C)cn1. The van der Waals surface area contributed by atoms with Crippen molar-refractivity contribution in [3.8, 4) is 0 Å². The van der Waals surface area contributed by atoms with Crippen molar-refractivity contribution < 1.29 is 0 Å². The van der Waals surface area contributed by atoms with E-state index in [1.807, 2.05) is 12.4 Å². The molecule has 0 aliphatic carbocycles. The molecule has 0 aromatic carbocycles. The smallest absolute Gasteiger partial charge is 0.0538 e. The maximum Gasteiger partial charge on any atom is 0.0538 e. The van der Waals surface area contributed by atoms with Gasteiger partial charge in [0.2, 0.25) is 0 Å². The van der Waals surface area contributed by atoms with Gasteiger partial charge in [0.1, 0.15) is 0 Å². The Hall–Kier alpha value is -1.09. The number of nitrogens with one attached hydrogen (secondary N) is 1. The van der Waals surface area contributed by atoms with Gasteiger partial charge in [-0.3, -0.25) is 0 Å². The molecule has 66 valence electrons. The van der Waals surface area contributed by atoms with Gasteiger partial charge in [-0.2, -0.15) is 5.10 Å². The molecule has 0 amide bonds. The molecule has 3 nitrogen and oxygen atoms in total. The summed E-state index contributed by atoms with van der Waals surface area (Å²) in [7, 11) is 0. The Bertz CT molecular complexity index is 250. The minimum Gasteiger partial charge on any atom is -0.310 e. The molecule has 1 rings (SSSR count). The molecule has 1 aromatic rings. The molecule has 0 aliphatic rings. The van der Waals surface area contributed by atoms with Gasteiger partial charge in [-0.05, 0) is 0 Å². The van der Waals surface area contributed by atoms with Gasteiger partial charge in [0.15, 0.2) is 0 Å². The molecule has 1 N–H and O–H groups in total. The molecule has 0 radical (unpaired) electrons. The summed E-state index contributed by atoms with van der Waals surface area (Å²) in [6, 6.07) is 0.511. The summed E-state index contributed by atoms with van der Waals surface area (Å²) in [5.74, 6) is 0. The molecular weight excluding hydrogens is 150 g/mol. The van der Waals surface area contributed by atoms with Crippen LogP contribution >= 0.6 is 0 Å². The van der Waals surface area contributed by atoms with Crippen LogP contribution in [0, 0.1) is 0 Å². The van der Waals surface area contributed by atoms with E-state index in [9.17, 15) is 0 Å². The molecule has 0 atom stereocenters. The fraction of sp³-hybridized carbons (Fsp3) is 0.444. The van der Waals surface area contributed by atoms with Gasteiger partial charge < -0.3 is 5.32 Å². The largest absolute Gasteiger partial charge is 0.310 e. The highest BCUT2D eigenvalue weighted by Gasteiger charge is 1.96. The monoisotopic (exact) mass is 165 g/mol. The van der Waals surface area contributed by atoms with Crippen LogP contribution in [0.15, 0.2) is 19.0 Å². The van der Waals surface area contributed by atoms with Crippen LogP contribution in [0.25, 0.3) is 6.20 Å². The van der Waals surface area contributed by atoms with Gasteiger partial charge in [-0.25, -0.2) is 4.68 Å². The molecule has 1 aromatic heterocycles. The molecule has 0 spiro atoms. The van der Waals surface area contributed by atoms with Crippen molar-refractivity contribution in [1.82, 2.24) is 15.1 Å². The third-order valence-corrected chi connectivity index (χ3v) is 1.56. The topological polar surface area (TPSA) is 29.9 Å². The molecule has 0 saturated heterocycles. The van der Waals surface area contributed by atoms with E-state index in [-0.39, 0.29) is 0 Å². The summed E-state index contributed by atoms with van der Waals surface area (Å²) < 4.78 is 1.71. The van der Waals surface area contributed by atoms with Crippen molar-refractivity contribution in [2.45, 2.75) is 26.4 Å². The molecule has 0 aliphatic heterocycles. The van der Waals surface area contributed by atoms with E-state index in [1.54, 1.807) is 10.9 Å². The zero-order valence-corrected chi connectivity index (χ0v) is 7.62. The maximum atomic E-state index is 4.07. The van der Waals surface area contributed by atoms with Gasteiger partial charge in [0, 0.05) is 30.5 Å². The second-order valence-corrected chi connectivity index (χ2v) is 3.05. The van der Waals surface area contributed by atoms with E-state index in [1.165, 1.54) is 5.56 Å². The highest BCUT2D eigenvalue weighted by Crippen LogP contribution is 1.97. The number of nitrogens with zero attached hydrogens (tertiary/aromatic N) is 2. The summed E-state index contributed by atoms with van der Waals surface area (Å²) in [5.41, 5.74) is 1.18. The van der Waals surface area contributed by atoms with Crippen molar-refractivity contribution in [3.63, 3.8) is 0 Å². The fourth-order valence-corrected chi connectivity index (χ4v) is 0.890. The first-order valence-corrected chi connectivity index (χ1v) is 4.11. The minimum absolute atomic E-state index is 0.511. The number of hydrogen-bond donors (Lipinski definition) is 1. The summed E-state index contributed by atoms with van der Waals surface area (Å²) in [6.07, 6.45) is 5.48. The average Bonchev–Trinajstić information content (AvgIpc) is 2.48. The zero-order valence-electron chi connectivity index (χ0n) is 7.62. The van der Waals surface area contributed by atoms with Crippen LogP contribution in [0.2, 0.25) is 0 Å². The Balaban J connectivity index is 2.47. The molecule has 1 heterocycles. The molecule has 0 fully saturated rings. The van der Waals surface area contributed by atoms with E-state index in [2.05, 4.69) is 30.8 Å². The van der Waals surface area contributed by atoms with Crippen molar-refractivity contribution in [3.05, 3.63) is 24.5 Å². The summed E-state index contributed by atoms with van der Waals surface area (Å²) >= 11 is 0. The number of aromatic nitrogens is 2. The van der Waals surface area contributed by atoms with Gasteiger partial charge >= 0.3 is 0 Å². The van der Waals surface area contributed by atoms with Crippen molar-refractivity contribution in [2.75, 3.05) is 0 Å². The Labute approximate surface area is 73.1 Å². The van der Waals surface area contributed by atoms with Crippen LogP contribution in [0.5, 0.6) is 0 Å². The first-order chi connectivity index (χ1) is 5.72. The minimum atomic E-state index is 0.511. The van der Waals surface area contributed by atoms with Crippen molar-refractivity contribution >= 4 is 6.20 Å². The quantitative estimate of drug-likeness (QED) is 0.732. The lowest BCUT2D eigenvalue weighted by Crippen LogP contribution is -2.21. The number of rotatable bonds is 4. The lowest BCUT2D eigenvalue weighted by atomic mass is 10.3. The number of hydrogen-bond acceptors (Lipinski definition) is 2. The normalized spacial score (nSPS) is 10.6. The first kappa shape index (κ1) is 9.00. The van der Waals surface area contributed by atoms with E-state index in [0.29, 0.717) is 6.04 Å². The molecule has 3 heteroatoms. The van der Waals surface area contributed by atoms with Gasteiger partial charge in [0.05, 0.1) is 6.20 Å². The van der Waals surface area contributed by atoms with E-state index < -0.39 is 0 Å². The van der Waals surface area contributed by atoms with Crippen LogP contribution < -0.4 is 5.32 Å². The molecule has 12 heavy (non-hydrogen) atoms. The highest BCUT2D eigenvalue weighted by molar-refractivity contribution is 5.17. The fourth-order valence-electron chi connectivity index (χ4n) is 0.890. The first-order valence-electron chi connectivity index (χ1n) is 4.11.